The molecule has 0 heterocycles. The third kappa shape index (κ3) is 3.79. The van der Waals surface area contributed by atoms with Gasteiger partial charge in [0.2, 0.25) is 5.91 Å². The minimum atomic E-state index is -0.309. The van der Waals surface area contributed by atoms with Crippen LogP contribution < -0.4 is 5.43 Å². The highest BCUT2D eigenvalue weighted by atomic mass is 16.3. The number of carbonyl (C=O) groups excluding carboxylic acids is 1. The van der Waals surface area contributed by atoms with Crippen molar-refractivity contribution in [1.82, 2.24) is 5.43 Å². The minimum Gasteiger partial charge on any atom is -0.508 e. The number of rotatable bonds is 5. The van der Waals surface area contributed by atoms with Crippen LogP contribution in [0.4, 0.5) is 0 Å². The molecule has 3 aromatic carbocycles. The topological polar surface area (TPSA) is 61.7 Å². The molecule has 0 bridgehead atoms. The van der Waals surface area contributed by atoms with Gasteiger partial charge in [-0.3, -0.25) is 4.79 Å². The summed E-state index contributed by atoms with van der Waals surface area (Å²) in [6.45, 7) is 4.15. The Morgan fingerprint density at radius 2 is 1.59 bits per heavy atom. The first-order valence-corrected chi connectivity index (χ1v) is 9.75. The fourth-order valence-electron chi connectivity index (χ4n) is 4.04. The van der Waals surface area contributed by atoms with Crippen LogP contribution in [-0.4, -0.2) is 17.2 Å². The summed E-state index contributed by atoms with van der Waals surface area (Å²) in [6.07, 6.45) is 2.35. The summed E-state index contributed by atoms with van der Waals surface area (Å²) in [5, 5.41) is 13.5. The first kappa shape index (κ1) is 18.9. The molecule has 1 amide bonds. The number of aryl methyl sites for hydroxylation is 2. The molecule has 2 N–H and O–H groups in total. The standard InChI is InChI=1S/C25H24N2O2/c1-17-5-3-7-20(13-17)25(21-8-4-6-18(2)14-21)15-23(25)24(29)27-26-16-19-9-11-22(28)12-10-19/h3-14,16,23,28H,15H2,1-2H3,(H,27,29)/b26-16+/t23-/m0/s1. The van der Waals surface area contributed by atoms with Gasteiger partial charge >= 0.3 is 0 Å². The number of phenols is 1. The number of hydrogen-bond acceptors (Lipinski definition) is 3. The van der Waals surface area contributed by atoms with Crippen LogP contribution in [0.25, 0.3) is 0 Å². The van der Waals surface area contributed by atoms with E-state index in [1.54, 1.807) is 30.5 Å². The van der Waals surface area contributed by atoms with Gasteiger partial charge in [-0.1, -0.05) is 59.7 Å². The van der Waals surface area contributed by atoms with Crippen molar-refractivity contribution in [3.63, 3.8) is 0 Å². The average Bonchev–Trinajstić information content (AvgIpc) is 3.47. The number of carbonyl (C=O) groups is 1. The van der Waals surface area contributed by atoms with E-state index in [-0.39, 0.29) is 23.0 Å². The van der Waals surface area contributed by atoms with Gasteiger partial charge < -0.3 is 5.11 Å². The number of aromatic hydroxyl groups is 1. The molecular formula is C25H24N2O2. The summed E-state index contributed by atoms with van der Waals surface area (Å²) in [4.78, 5) is 12.9. The summed E-state index contributed by atoms with van der Waals surface area (Å²) >= 11 is 0. The minimum absolute atomic E-state index is 0.0805. The summed E-state index contributed by atoms with van der Waals surface area (Å²) in [7, 11) is 0. The van der Waals surface area contributed by atoms with Crippen molar-refractivity contribution in [2.75, 3.05) is 0 Å². The molecule has 1 fully saturated rings. The molecule has 0 saturated heterocycles. The molecule has 4 heteroatoms. The first-order chi connectivity index (χ1) is 14.0. The first-order valence-electron chi connectivity index (χ1n) is 9.75. The molecule has 0 unspecified atom stereocenters. The SMILES string of the molecule is Cc1cccc(C2(c3cccc(C)c3)C[C@H]2C(=O)N/N=C/c2ccc(O)cc2)c1. The predicted octanol–water partition coefficient (Wildman–Crippen LogP) is 4.47. The van der Waals surface area contributed by atoms with Crippen molar-refractivity contribution in [2.24, 2.45) is 11.0 Å². The van der Waals surface area contributed by atoms with Crippen molar-refractivity contribution >= 4 is 12.1 Å². The van der Waals surface area contributed by atoms with Gasteiger partial charge in [0.1, 0.15) is 5.75 Å². The van der Waals surface area contributed by atoms with Gasteiger partial charge in [0.15, 0.2) is 0 Å². The molecule has 29 heavy (non-hydrogen) atoms. The normalized spacial score (nSPS) is 17.2. The number of benzene rings is 3. The van der Waals surface area contributed by atoms with Crippen molar-refractivity contribution in [1.29, 1.82) is 0 Å². The molecule has 0 radical (unpaired) electrons. The maximum absolute atomic E-state index is 12.9. The second-order valence-corrected chi connectivity index (χ2v) is 7.79. The molecule has 0 aromatic heterocycles. The van der Waals surface area contributed by atoms with E-state index in [4.69, 9.17) is 0 Å². The number of hydrogen-bond donors (Lipinski definition) is 2. The van der Waals surface area contributed by atoms with E-state index in [9.17, 15) is 9.90 Å². The summed E-state index contributed by atoms with van der Waals surface area (Å²) in [5.74, 6) is -0.0450. The third-order valence-electron chi connectivity index (χ3n) is 5.63. The molecule has 146 valence electrons. The lowest BCUT2D eigenvalue weighted by atomic mass is 9.84. The molecule has 4 rings (SSSR count). The number of amides is 1. The Kier molecular flexibility index (Phi) is 4.93. The maximum atomic E-state index is 12.9. The Labute approximate surface area is 170 Å². The van der Waals surface area contributed by atoms with E-state index in [0.29, 0.717) is 0 Å². The van der Waals surface area contributed by atoms with Crippen LogP contribution in [0.2, 0.25) is 0 Å². The summed E-state index contributed by atoms with van der Waals surface area (Å²) in [6, 6.07) is 23.5. The second kappa shape index (κ2) is 7.55. The highest BCUT2D eigenvalue weighted by Gasteiger charge is 2.60. The number of nitrogens with zero attached hydrogens (tertiary/aromatic N) is 1. The van der Waals surface area contributed by atoms with Gasteiger partial charge in [-0.05, 0) is 61.2 Å². The Bertz CT molecular complexity index is 1020. The molecule has 0 aliphatic heterocycles. The van der Waals surface area contributed by atoms with Crippen LogP contribution in [0.3, 0.4) is 0 Å². The zero-order valence-electron chi connectivity index (χ0n) is 16.6. The van der Waals surface area contributed by atoms with Crippen LogP contribution >= 0.6 is 0 Å². The maximum Gasteiger partial charge on any atom is 0.244 e. The molecule has 1 saturated carbocycles. The number of hydrazone groups is 1. The fourth-order valence-corrected chi connectivity index (χ4v) is 4.04. The Morgan fingerprint density at radius 1 is 1.00 bits per heavy atom. The molecule has 1 aliphatic carbocycles. The summed E-state index contributed by atoms with van der Waals surface area (Å²) < 4.78 is 0. The van der Waals surface area contributed by atoms with Gasteiger partial charge in [-0.25, -0.2) is 5.43 Å². The molecule has 3 aromatic rings. The van der Waals surface area contributed by atoms with E-state index in [2.05, 4.69) is 72.9 Å². The van der Waals surface area contributed by atoms with Crippen molar-refractivity contribution in [2.45, 2.75) is 25.7 Å². The highest BCUT2D eigenvalue weighted by Crippen LogP contribution is 2.59. The Morgan fingerprint density at radius 3 is 2.14 bits per heavy atom. The second-order valence-electron chi connectivity index (χ2n) is 7.79. The van der Waals surface area contributed by atoms with Gasteiger partial charge in [0.25, 0.3) is 0 Å². The lowest BCUT2D eigenvalue weighted by Gasteiger charge is -2.19. The van der Waals surface area contributed by atoms with Crippen molar-refractivity contribution in [3.05, 3.63) is 101 Å². The zero-order chi connectivity index (χ0) is 20.4. The van der Waals surface area contributed by atoms with Gasteiger partial charge in [0.05, 0.1) is 12.1 Å². The van der Waals surface area contributed by atoms with Gasteiger partial charge in [0, 0.05) is 5.41 Å². The van der Waals surface area contributed by atoms with Crippen LogP contribution in [0.5, 0.6) is 5.75 Å². The van der Waals surface area contributed by atoms with E-state index in [0.717, 1.165) is 12.0 Å². The number of nitrogens with one attached hydrogen (secondary N) is 1. The van der Waals surface area contributed by atoms with Crippen LogP contribution in [0.1, 0.15) is 34.2 Å². The van der Waals surface area contributed by atoms with E-state index >= 15 is 0 Å². The molecule has 1 aliphatic rings. The molecular weight excluding hydrogens is 360 g/mol. The molecule has 1 atom stereocenters. The van der Waals surface area contributed by atoms with Crippen molar-refractivity contribution < 1.29 is 9.90 Å². The average molecular weight is 384 g/mol. The van der Waals surface area contributed by atoms with Gasteiger partial charge in [-0.2, -0.15) is 5.10 Å². The summed E-state index contributed by atoms with van der Waals surface area (Å²) in [5.41, 5.74) is 7.91. The fraction of sp³-hybridized carbons (Fsp3) is 0.200. The smallest absolute Gasteiger partial charge is 0.244 e. The zero-order valence-corrected chi connectivity index (χ0v) is 16.6. The molecule has 4 nitrogen and oxygen atoms in total. The Balaban J connectivity index is 1.58. The highest BCUT2D eigenvalue weighted by molar-refractivity contribution is 5.87. The van der Waals surface area contributed by atoms with Crippen molar-refractivity contribution in [3.8, 4) is 5.75 Å². The monoisotopic (exact) mass is 384 g/mol. The third-order valence-corrected chi connectivity index (χ3v) is 5.63. The lowest BCUT2D eigenvalue weighted by molar-refractivity contribution is -0.122. The van der Waals surface area contributed by atoms with Crippen LogP contribution in [0, 0.1) is 19.8 Å². The lowest BCUT2D eigenvalue weighted by Crippen LogP contribution is -2.25. The molecule has 0 spiro atoms. The number of phenolic OH excluding ortho intramolecular Hbond substituents is 1. The van der Waals surface area contributed by atoms with Crippen LogP contribution in [0.15, 0.2) is 77.9 Å². The van der Waals surface area contributed by atoms with Gasteiger partial charge in [-0.15, -0.1) is 0 Å². The largest absolute Gasteiger partial charge is 0.508 e. The predicted molar refractivity (Wildman–Crippen MR) is 115 cm³/mol. The van der Waals surface area contributed by atoms with Crippen LogP contribution in [-0.2, 0) is 10.2 Å². The quantitative estimate of drug-likeness (QED) is 0.504. The Hall–Kier alpha value is -3.40. The van der Waals surface area contributed by atoms with E-state index in [1.807, 2.05) is 0 Å². The van der Waals surface area contributed by atoms with E-state index in [1.165, 1.54) is 22.3 Å². The van der Waals surface area contributed by atoms with E-state index < -0.39 is 0 Å².